The summed E-state index contributed by atoms with van der Waals surface area (Å²) in [6.07, 6.45) is 3.58. The Morgan fingerprint density at radius 1 is 1.19 bits per heavy atom. The number of carbonyl (C=O) groups excluding carboxylic acids is 1. The maximum atomic E-state index is 12.7. The van der Waals surface area contributed by atoms with Crippen LogP contribution in [0, 0.1) is 5.92 Å². The van der Waals surface area contributed by atoms with Gasteiger partial charge in [-0.05, 0) is 67.6 Å². The second kappa shape index (κ2) is 10.3. The van der Waals surface area contributed by atoms with Crippen LogP contribution in [-0.2, 0) is 14.8 Å². The van der Waals surface area contributed by atoms with Crippen molar-refractivity contribution in [2.75, 3.05) is 42.2 Å². The molecule has 32 heavy (non-hydrogen) atoms. The third-order valence-corrected chi connectivity index (χ3v) is 6.98. The molecular formula is C24H33N3O4S. The quantitative estimate of drug-likeness (QED) is 0.653. The van der Waals surface area contributed by atoms with E-state index in [-0.39, 0.29) is 18.5 Å². The van der Waals surface area contributed by atoms with Gasteiger partial charge < -0.3 is 15.0 Å². The summed E-state index contributed by atoms with van der Waals surface area (Å²) >= 11 is 0. The lowest BCUT2D eigenvalue weighted by atomic mass is 9.99. The van der Waals surface area contributed by atoms with Crippen LogP contribution in [0.1, 0.15) is 38.3 Å². The number of sulfonamides is 1. The highest BCUT2D eigenvalue weighted by molar-refractivity contribution is 7.92. The van der Waals surface area contributed by atoms with Gasteiger partial charge in [-0.3, -0.25) is 9.10 Å². The molecule has 1 fully saturated rings. The first-order valence-corrected chi connectivity index (χ1v) is 12.8. The molecule has 2 aromatic rings. The summed E-state index contributed by atoms with van der Waals surface area (Å²) in [5.74, 6) is 0.945. The van der Waals surface area contributed by atoms with Gasteiger partial charge >= 0.3 is 0 Å². The van der Waals surface area contributed by atoms with Crippen LogP contribution in [0.3, 0.4) is 0 Å². The largest absolute Gasteiger partial charge is 0.497 e. The molecule has 174 valence electrons. The van der Waals surface area contributed by atoms with E-state index in [4.69, 9.17) is 4.74 Å². The number of hydrogen-bond donors (Lipinski definition) is 1. The normalized spacial score (nSPS) is 17.5. The minimum absolute atomic E-state index is 0.242. The molecule has 0 bridgehead atoms. The SMILES string of the molecule is COc1ccc(N(CC(=O)NC(C)c2ccc(N3CCCC(C)C3)cc2)S(C)(=O)=O)cc1. The van der Waals surface area contributed by atoms with E-state index >= 15 is 0 Å². The number of piperidine rings is 1. The summed E-state index contributed by atoms with van der Waals surface area (Å²) in [7, 11) is -2.09. The molecule has 1 heterocycles. The van der Waals surface area contributed by atoms with Gasteiger partial charge in [0.1, 0.15) is 12.3 Å². The monoisotopic (exact) mass is 459 g/mol. The number of amides is 1. The molecule has 0 aromatic heterocycles. The van der Waals surface area contributed by atoms with Crippen molar-refractivity contribution in [2.24, 2.45) is 5.92 Å². The Labute approximate surface area is 191 Å². The average molecular weight is 460 g/mol. The van der Waals surface area contributed by atoms with E-state index in [1.54, 1.807) is 24.3 Å². The summed E-state index contributed by atoms with van der Waals surface area (Å²) in [5, 5.41) is 2.91. The standard InChI is InChI=1S/C24H33N3O4S/c1-18-6-5-15-26(16-18)21-9-7-20(8-10-21)19(2)25-24(28)17-27(32(4,29)30)22-11-13-23(31-3)14-12-22/h7-14,18-19H,5-6,15-17H2,1-4H3,(H,25,28). The Bertz CT molecular complexity index is 1010. The minimum Gasteiger partial charge on any atom is -0.497 e. The zero-order chi connectivity index (χ0) is 23.3. The summed E-state index contributed by atoms with van der Waals surface area (Å²) in [6.45, 7) is 6.03. The van der Waals surface area contributed by atoms with Crippen molar-refractivity contribution in [3.05, 3.63) is 54.1 Å². The molecule has 2 unspecified atom stereocenters. The fourth-order valence-corrected chi connectivity index (χ4v) is 4.90. The first-order valence-electron chi connectivity index (χ1n) is 10.9. The number of carbonyl (C=O) groups is 1. The van der Waals surface area contributed by atoms with Gasteiger partial charge in [0.2, 0.25) is 15.9 Å². The molecule has 0 saturated carbocycles. The lowest BCUT2D eigenvalue weighted by Crippen LogP contribution is -2.41. The van der Waals surface area contributed by atoms with Crippen molar-refractivity contribution in [1.82, 2.24) is 5.32 Å². The summed E-state index contributed by atoms with van der Waals surface area (Å²) in [5.41, 5.74) is 2.58. The number of benzene rings is 2. The van der Waals surface area contributed by atoms with Gasteiger partial charge in [-0.1, -0.05) is 19.1 Å². The van der Waals surface area contributed by atoms with Crippen LogP contribution < -0.4 is 19.3 Å². The first-order chi connectivity index (χ1) is 15.2. The third-order valence-electron chi connectivity index (χ3n) is 5.84. The van der Waals surface area contributed by atoms with Gasteiger partial charge in [-0.2, -0.15) is 0 Å². The van der Waals surface area contributed by atoms with Gasteiger partial charge in [-0.25, -0.2) is 8.42 Å². The Balaban J connectivity index is 1.64. The van der Waals surface area contributed by atoms with Crippen LogP contribution in [0.25, 0.3) is 0 Å². The molecule has 1 amide bonds. The summed E-state index contributed by atoms with van der Waals surface area (Å²) < 4.78 is 30.8. The van der Waals surface area contributed by atoms with Gasteiger partial charge in [0.05, 0.1) is 25.1 Å². The number of nitrogens with one attached hydrogen (secondary N) is 1. The summed E-state index contributed by atoms with van der Waals surface area (Å²) in [4.78, 5) is 15.1. The number of hydrogen-bond acceptors (Lipinski definition) is 5. The lowest BCUT2D eigenvalue weighted by Gasteiger charge is -2.33. The molecule has 0 aliphatic carbocycles. The third kappa shape index (κ3) is 6.16. The van der Waals surface area contributed by atoms with Crippen LogP contribution in [0.4, 0.5) is 11.4 Å². The maximum absolute atomic E-state index is 12.7. The molecule has 7 nitrogen and oxygen atoms in total. The molecule has 1 aliphatic rings. The Hall–Kier alpha value is -2.74. The molecular weight excluding hydrogens is 426 g/mol. The lowest BCUT2D eigenvalue weighted by molar-refractivity contribution is -0.120. The van der Waals surface area contributed by atoms with E-state index in [0.717, 1.165) is 29.2 Å². The predicted octanol–water partition coefficient (Wildman–Crippen LogP) is 3.57. The number of rotatable bonds is 8. The highest BCUT2D eigenvalue weighted by Crippen LogP contribution is 2.25. The zero-order valence-electron chi connectivity index (χ0n) is 19.2. The Morgan fingerprint density at radius 3 is 2.41 bits per heavy atom. The molecule has 2 atom stereocenters. The van der Waals surface area contributed by atoms with Crippen molar-refractivity contribution in [1.29, 1.82) is 0 Å². The molecule has 1 N–H and O–H groups in total. The molecule has 1 saturated heterocycles. The smallest absolute Gasteiger partial charge is 0.241 e. The predicted molar refractivity (Wildman–Crippen MR) is 129 cm³/mol. The molecule has 8 heteroatoms. The average Bonchev–Trinajstić information content (AvgIpc) is 2.77. The first kappa shape index (κ1) is 23.9. The molecule has 2 aromatic carbocycles. The van der Waals surface area contributed by atoms with Crippen molar-refractivity contribution in [3.63, 3.8) is 0 Å². The van der Waals surface area contributed by atoms with Gasteiger partial charge in [0.15, 0.2) is 0 Å². The van der Waals surface area contributed by atoms with Crippen LogP contribution >= 0.6 is 0 Å². The van der Waals surface area contributed by atoms with Gasteiger partial charge in [0.25, 0.3) is 0 Å². The molecule has 3 rings (SSSR count). The second-order valence-corrected chi connectivity index (χ2v) is 10.4. The van der Waals surface area contributed by atoms with Crippen LogP contribution in [0.15, 0.2) is 48.5 Å². The van der Waals surface area contributed by atoms with Gasteiger partial charge in [-0.15, -0.1) is 0 Å². The van der Waals surface area contributed by atoms with E-state index in [0.29, 0.717) is 17.4 Å². The fourth-order valence-electron chi connectivity index (χ4n) is 4.05. The maximum Gasteiger partial charge on any atom is 0.241 e. The fraction of sp³-hybridized carbons (Fsp3) is 0.458. The number of anilines is 2. The van der Waals surface area contributed by atoms with E-state index in [2.05, 4.69) is 29.3 Å². The summed E-state index contributed by atoms with van der Waals surface area (Å²) in [6, 6.07) is 14.6. The second-order valence-electron chi connectivity index (χ2n) is 8.54. The van der Waals surface area contributed by atoms with Gasteiger partial charge in [0, 0.05) is 18.8 Å². The van der Waals surface area contributed by atoms with E-state index in [1.165, 1.54) is 25.6 Å². The van der Waals surface area contributed by atoms with E-state index in [1.807, 2.05) is 19.1 Å². The topological polar surface area (TPSA) is 79.0 Å². The van der Waals surface area contributed by atoms with Crippen molar-refractivity contribution in [3.8, 4) is 5.75 Å². The Morgan fingerprint density at radius 2 is 1.84 bits per heavy atom. The minimum atomic E-state index is -3.63. The van der Waals surface area contributed by atoms with Crippen molar-refractivity contribution < 1.29 is 17.9 Å². The molecule has 1 aliphatic heterocycles. The number of ether oxygens (including phenoxy) is 1. The zero-order valence-corrected chi connectivity index (χ0v) is 20.1. The van der Waals surface area contributed by atoms with Crippen molar-refractivity contribution >= 4 is 27.3 Å². The number of methoxy groups -OCH3 is 1. The number of nitrogens with zero attached hydrogens (tertiary/aromatic N) is 2. The molecule has 0 spiro atoms. The van der Waals surface area contributed by atoms with Crippen LogP contribution in [0.2, 0.25) is 0 Å². The highest BCUT2D eigenvalue weighted by atomic mass is 32.2. The Kier molecular flexibility index (Phi) is 7.66. The van der Waals surface area contributed by atoms with Crippen LogP contribution in [-0.4, -0.2) is 47.3 Å². The highest BCUT2D eigenvalue weighted by Gasteiger charge is 2.22. The molecule has 0 radical (unpaired) electrons. The van der Waals surface area contributed by atoms with Crippen molar-refractivity contribution in [2.45, 2.75) is 32.7 Å². The van der Waals surface area contributed by atoms with Crippen LogP contribution in [0.5, 0.6) is 5.75 Å². The van der Waals surface area contributed by atoms with E-state index in [9.17, 15) is 13.2 Å². The van der Waals surface area contributed by atoms with E-state index < -0.39 is 10.0 Å².